The van der Waals surface area contributed by atoms with Crippen LogP contribution in [0.1, 0.15) is 42.5 Å². The van der Waals surface area contributed by atoms with Gasteiger partial charge < -0.3 is 25.2 Å². The molecule has 0 atom stereocenters. The molecule has 0 bridgehead atoms. The van der Waals surface area contributed by atoms with E-state index in [2.05, 4.69) is 25.2 Å². The van der Waals surface area contributed by atoms with Crippen LogP contribution in [-0.4, -0.2) is 63.1 Å². The summed E-state index contributed by atoms with van der Waals surface area (Å²) in [5.41, 5.74) is 2.32. The largest absolute Gasteiger partial charge is 0.393 e. The molecule has 6 rings (SSSR count). The molecule has 2 fully saturated rings. The lowest BCUT2D eigenvalue weighted by atomic mass is 10.0. The Morgan fingerprint density at radius 3 is 2.58 bits per heavy atom. The summed E-state index contributed by atoms with van der Waals surface area (Å²) in [4.78, 5) is 41.7. The van der Waals surface area contributed by atoms with Crippen LogP contribution in [0, 0.1) is 5.82 Å². The molecule has 5 heterocycles. The highest BCUT2D eigenvalue weighted by Crippen LogP contribution is 2.31. The lowest BCUT2D eigenvalue weighted by Crippen LogP contribution is -2.35. The number of carbonyl (C=O) groups excluding carboxylic acids is 1. The van der Waals surface area contributed by atoms with Crippen LogP contribution < -0.4 is 15.8 Å². The fraction of sp³-hybridized carbons (Fsp3) is 0.333. The lowest BCUT2D eigenvalue weighted by Gasteiger charge is -2.31. The maximum Gasteiger partial charge on any atom is 0.259 e. The molecule has 1 amide bonds. The molecule has 1 aromatic carbocycles. The van der Waals surface area contributed by atoms with Crippen LogP contribution in [0.25, 0.3) is 22.2 Å². The number of nitrogens with zero attached hydrogens (tertiary/aromatic N) is 4. The number of halogens is 1. The molecule has 3 N–H and O–H groups in total. The number of likely N-dealkylation sites (tertiary alicyclic amines) is 1. The van der Waals surface area contributed by atoms with Crippen LogP contribution >= 0.6 is 0 Å². The number of hydrogen-bond donors (Lipinski definition) is 3. The number of carbonyl (C=O) groups is 1. The Labute approximate surface area is 230 Å². The van der Waals surface area contributed by atoms with Crippen molar-refractivity contribution in [2.75, 3.05) is 36.4 Å². The summed E-state index contributed by atoms with van der Waals surface area (Å²) in [7, 11) is 0. The molecular weight excluding hydrogens is 511 g/mol. The van der Waals surface area contributed by atoms with Crippen LogP contribution in [0.3, 0.4) is 0 Å². The van der Waals surface area contributed by atoms with Crippen molar-refractivity contribution in [1.29, 1.82) is 0 Å². The number of pyridine rings is 3. The monoisotopic (exact) mass is 542 g/mol. The molecule has 2 saturated heterocycles. The van der Waals surface area contributed by atoms with Gasteiger partial charge in [0.2, 0.25) is 0 Å². The molecule has 3 aromatic heterocycles. The molecule has 9 nitrogen and oxygen atoms in total. The SMILES string of the molecule is O=C(c1ccc(F)c(-c2cc(Nc3ccc(N4CCC(O)CC4)cn3)c3c(=O)[nH]ccc3n2)c1)N1CCCCC1. The number of fused-ring (bicyclic) bond motifs is 1. The average Bonchev–Trinajstić information content (AvgIpc) is 2.98. The summed E-state index contributed by atoms with van der Waals surface area (Å²) in [6, 6.07) is 11.4. The predicted molar refractivity (Wildman–Crippen MR) is 152 cm³/mol. The third kappa shape index (κ3) is 5.27. The van der Waals surface area contributed by atoms with Gasteiger partial charge in [-0.3, -0.25) is 9.59 Å². The van der Waals surface area contributed by atoms with Crippen molar-refractivity contribution in [1.82, 2.24) is 19.9 Å². The van der Waals surface area contributed by atoms with Crippen LogP contribution in [0.4, 0.5) is 21.6 Å². The van der Waals surface area contributed by atoms with Crippen molar-refractivity contribution in [3.63, 3.8) is 0 Å². The Kier molecular flexibility index (Phi) is 7.17. The molecular formula is C30H31FN6O3. The quantitative estimate of drug-likeness (QED) is 0.341. The standard InChI is InChI=1S/C30H31FN6O3/c31-23-6-4-19(30(40)37-12-2-1-3-13-37)16-22(23)25-17-26(28-24(34-25)8-11-32-29(28)39)35-27-7-5-20(18-33-27)36-14-9-21(38)10-15-36/h4-8,11,16-18,21,38H,1-3,9-10,12-15H2,(H,32,39)(H,33,34,35). The van der Waals surface area contributed by atoms with Gasteiger partial charge in [-0.15, -0.1) is 0 Å². The van der Waals surface area contributed by atoms with Gasteiger partial charge in [0.15, 0.2) is 0 Å². The normalized spacial score (nSPS) is 16.4. The number of aliphatic hydroxyl groups is 1. The molecule has 0 spiro atoms. The highest BCUT2D eigenvalue weighted by Gasteiger charge is 2.21. The van der Waals surface area contributed by atoms with E-state index in [1.165, 1.54) is 18.3 Å². The van der Waals surface area contributed by atoms with Crippen molar-refractivity contribution < 1.29 is 14.3 Å². The second-order valence-electron chi connectivity index (χ2n) is 10.4. The van der Waals surface area contributed by atoms with E-state index in [9.17, 15) is 14.7 Å². The van der Waals surface area contributed by atoms with E-state index >= 15 is 4.39 Å². The number of piperidine rings is 2. The number of aromatic nitrogens is 3. The summed E-state index contributed by atoms with van der Waals surface area (Å²) in [6.45, 7) is 2.91. The van der Waals surface area contributed by atoms with Crippen molar-refractivity contribution in [2.24, 2.45) is 0 Å². The fourth-order valence-corrected chi connectivity index (χ4v) is 5.47. The molecule has 0 unspecified atom stereocenters. The van der Waals surface area contributed by atoms with Gasteiger partial charge in [0, 0.05) is 43.5 Å². The Morgan fingerprint density at radius 1 is 1.02 bits per heavy atom. The molecule has 2 aliphatic rings. The van der Waals surface area contributed by atoms with Gasteiger partial charge in [0.25, 0.3) is 11.5 Å². The van der Waals surface area contributed by atoms with Gasteiger partial charge in [-0.2, -0.15) is 0 Å². The zero-order valence-electron chi connectivity index (χ0n) is 22.1. The molecule has 40 heavy (non-hydrogen) atoms. The lowest BCUT2D eigenvalue weighted by molar-refractivity contribution is 0.0724. The van der Waals surface area contributed by atoms with Gasteiger partial charge in [0.1, 0.15) is 11.6 Å². The second kappa shape index (κ2) is 11.1. The zero-order valence-corrected chi connectivity index (χ0v) is 22.1. The first kappa shape index (κ1) is 25.9. The topological polar surface area (TPSA) is 114 Å². The van der Waals surface area contributed by atoms with Crippen LogP contribution in [0.15, 0.2) is 59.7 Å². The maximum absolute atomic E-state index is 15.2. The fourth-order valence-electron chi connectivity index (χ4n) is 5.47. The predicted octanol–water partition coefficient (Wildman–Crippen LogP) is 4.46. The number of hydrogen-bond acceptors (Lipinski definition) is 7. The minimum atomic E-state index is -0.507. The minimum Gasteiger partial charge on any atom is -0.393 e. The number of aromatic amines is 1. The molecule has 10 heteroatoms. The molecule has 0 aliphatic carbocycles. The maximum atomic E-state index is 15.2. The Bertz CT molecular complexity index is 1590. The number of nitrogens with one attached hydrogen (secondary N) is 2. The molecule has 0 saturated carbocycles. The molecule has 2 aliphatic heterocycles. The minimum absolute atomic E-state index is 0.121. The van der Waals surface area contributed by atoms with E-state index in [4.69, 9.17) is 0 Å². The van der Waals surface area contributed by atoms with Gasteiger partial charge in [-0.25, -0.2) is 14.4 Å². The highest BCUT2D eigenvalue weighted by molar-refractivity contribution is 5.97. The van der Waals surface area contributed by atoms with Crippen LogP contribution in [-0.2, 0) is 0 Å². The summed E-state index contributed by atoms with van der Waals surface area (Å²) < 4.78 is 15.2. The summed E-state index contributed by atoms with van der Waals surface area (Å²) in [6.07, 6.45) is 7.47. The van der Waals surface area contributed by atoms with Crippen molar-refractivity contribution in [3.05, 3.63) is 76.6 Å². The van der Waals surface area contributed by atoms with E-state index in [0.717, 1.165) is 50.9 Å². The smallest absolute Gasteiger partial charge is 0.259 e. The molecule has 206 valence electrons. The first-order chi connectivity index (χ1) is 19.5. The van der Waals surface area contributed by atoms with E-state index in [-0.39, 0.29) is 23.1 Å². The van der Waals surface area contributed by atoms with Crippen LogP contribution in [0.2, 0.25) is 0 Å². The first-order valence-electron chi connectivity index (χ1n) is 13.7. The summed E-state index contributed by atoms with van der Waals surface area (Å²) in [5, 5.41) is 13.3. The summed E-state index contributed by atoms with van der Waals surface area (Å²) >= 11 is 0. The van der Waals surface area contributed by atoms with Crippen molar-refractivity contribution >= 4 is 34.0 Å². The number of amides is 1. The first-order valence-corrected chi connectivity index (χ1v) is 13.7. The highest BCUT2D eigenvalue weighted by atomic mass is 19.1. The Balaban J connectivity index is 1.34. The second-order valence-corrected chi connectivity index (χ2v) is 10.4. The third-order valence-electron chi connectivity index (χ3n) is 7.70. The average molecular weight is 543 g/mol. The zero-order chi connectivity index (χ0) is 27.6. The van der Waals surface area contributed by atoms with E-state index < -0.39 is 5.82 Å². The van der Waals surface area contributed by atoms with E-state index in [0.29, 0.717) is 46.8 Å². The molecule has 0 radical (unpaired) electrons. The number of anilines is 3. The number of benzene rings is 1. The van der Waals surface area contributed by atoms with Gasteiger partial charge in [0.05, 0.1) is 40.3 Å². The van der Waals surface area contributed by atoms with Gasteiger partial charge in [-0.1, -0.05) is 0 Å². The molecule has 4 aromatic rings. The Hall–Kier alpha value is -4.31. The third-order valence-corrected chi connectivity index (χ3v) is 7.70. The Morgan fingerprint density at radius 2 is 1.82 bits per heavy atom. The van der Waals surface area contributed by atoms with Crippen molar-refractivity contribution in [2.45, 2.75) is 38.2 Å². The van der Waals surface area contributed by atoms with Crippen LogP contribution in [0.5, 0.6) is 0 Å². The van der Waals surface area contributed by atoms with Gasteiger partial charge in [-0.05, 0) is 74.6 Å². The van der Waals surface area contributed by atoms with Crippen molar-refractivity contribution in [3.8, 4) is 11.3 Å². The number of H-pyrrole nitrogens is 1. The number of aliphatic hydroxyl groups excluding tert-OH is 1. The van der Waals surface area contributed by atoms with E-state index in [1.54, 1.807) is 24.4 Å². The van der Waals surface area contributed by atoms with Gasteiger partial charge >= 0.3 is 0 Å². The number of rotatable bonds is 5. The summed E-state index contributed by atoms with van der Waals surface area (Å²) in [5.74, 6) is -0.118. The van der Waals surface area contributed by atoms with E-state index in [1.807, 2.05) is 17.0 Å².